The average Bonchev–Trinajstić information content (AvgIpc) is 2.35. The lowest BCUT2D eigenvalue weighted by molar-refractivity contribution is 0.413. The van der Waals surface area contributed by atoms with Gasteiger partial charge in [-0.05, 0) is 44.1 Å². The molecule has 0 radical (unpaired) electrons. The van der Waals surface area contributed by atoms with Gasteiger partial charge in [-0.3, -0.25) is 4.79 Å². The van der Waals surface area contributed by atoms with Crippen LogP contribution in [0.5, 0.6) is 5.75 Å². The Hall–Kier alpha value is -1.81. The lowest BCUT2D eigenvalue weighted by atomic mass is 10.1. The molecule has 0 unspecified atom stereocenters. The van der Waals surface area contributed by atoms with Gasteiger partial charge in [0.05, 0.1) is 12.6 Å². The van der Waals surface area contributed by atoms with E-state index in [1.54, 1.807) is 7.11 Å². The second kappa shape index (κ2) is 5.23. The number of nitrogens with one attached hydrogen (secondary N) is 1. The number of methoxy groups -OCH3 is 1. The minimum atomic E-state index is -0.0161. The van der Waals surface area contributed by atoms with Crippen molar-refractivity contribution in [2.75, 3.05) is 27.7 Å². The van der Waals surface area contributed by atoms with Crippen molar-refractivity contribution in [3.8, 4) is 5.75 Å². The standard InChI is InChI=1S/C14H18N2O2/c1-16(2)7-6-11-8-10-4-5-12(18-3)9-13(10)15-14(11)17/h4-5,8-9H,6-7H2,1-3H3,(H,15,17). The predicted molar refractivity (Wildman–Crippen MR) is 73.4 cm³/mol. The fourth-order valence-corrected chi connectivity index (χ4v) is 1.88. The van der Waals surface area contributed by atoms with Crippen molar-refractivity contribution in [2.45, 2.75) is 6.42 Å². The van der Waals surface area contributed by atoms with E-state index in [9.17, 15) is 4.79 Å². The molecule has 0 amide bonds. The van der Waals surface area contributed by atoms with E-state index in [1.165, 1.54) is 0 Å². The smallest absolute Gasteiger partial charge is 0.251 e. The average molecular weight is 246 g/mol. The van der Waals surface area contributed by atoms with E-state index >= 15 is 0 Å². The number of H-pyrrole nitrogens is 1. The first-order valence-corrected chi connectivity index (χ1v) is 5.95. The molecule has 18 heavy (non-hydrogen) atoms. The molecule has 1 N–H and O–H groups in total. The molecule has 0 bridgehead atoms. The maximum atomic E-state index is 11.9. The normalized spacial score (nSPS) is 11.1. The van der Waals surface area contributed by atoms with Crippen molar-refractivity contribution in [2.24, 2.45) is 0 Å². The van der Waals surface area contributed by atoms with Crippen molar-refractivity contribution < 1.29 is 4.74 Å². The van der Waals surface area contributed by atoms with Crippen LogP contribution >= 0.6 is 0 Å². The minimum absolute atomic E-state index is 0.0161. The highest BCUT2D eigenvalue weighted by molar-refractivity contribution is 5.80. The van der Waals surface area contributed by atoms with E-state index in [0.29, 0.717) is 0 Å². The number of nitrogens with zero attached hydrogens (tertiary/aromatic N) is 1. The Bertz CT molecular complexity index is 602. The van der Waals surface area contributed by atoms with Crippen LogP contribution in [0.3, 0.4) is 0 Å². The molecule has 0 spiro atoms. The number of pyridine rings is 1. The summed E-state index contributed by atoms with van der Waals surface area (Å²) < 4.78 is 5.14. The van der Waals surface area contributed by atoms with E-state index in [2.05, 4.69) is 9.88 Å². The van der Waals surface area contributed by atoms with Crippen LogP contribution in [0.2, 0.25) is 0 Å². The minimum Gasteiger partial charge on any atom is -0.497 e. The summed E-state index contributed by atoms with van der Waals surface area (Å²) in [4.78, 5) is 16.9. The van der Waals surface area contributed by atoms with Crippen LogP contribution in [0.25, 0.3) is 10.9 Å². The van der Waals surface area contributed by atoms with Gasteiger partial charge >= 0.3 is 0 Å². The van der Waals surface area contributed by atoms with Crippen LogP contribution in [0.4, 0.5) is 0 Å². The molecule has 0 saturated heterocycles. The largest absolute Gasteiger partial charge is 0.497 e. The van der Waals surface area contributed by atoms with Gasteiger partial charge in [-0.25, -0.2) is 0 Å². The topological polar surface area (TPSA) is 45.3 Å². The Kier molecular flexibility index (Phi) is 3.67. The third-order valence-electron chi connectivity index (χ3n) is 2.96. The molecule has 0 aliphatic rings. The monoisotopic (exact) mass is 246 g/mol. The first-order valence-electron chi connectivity index (χ1n) is 5.95. The summed E-state index contributed by atoms with van der Waals surface area (Å²) in [6, 6.07) is 7.66. The van der Waals surface area contributed by atoms with E-state index < -0.39 is 0 Å². The highest BCUT2D eigenvalue weighted by atomic mass is 16.5. The Morgan fingerprint density at radius 2 is 2.06 bits per heavy atom. The van der Waals surface area contributed by atoms with E-state index in [4.69, 9.17) is 4.74 Å². The summed E-state index contributed by atoms with van der Waals surface area (Å²) in [6.45, 7) is 0.866. The Morgan fingerprint density at radius 1 is 1.28 bits per heavy atom. The zero-order chi connectivity index (χ0) is 13.1. The number of hydrogen-bond acceptors (Lipinski definition) is 3. The Balaban J connectivity index is 2.40. The molecule has 0 aliphatic carbocycles. The second-order valence-corrected chi connectivity index (χ2v) is 4.63. The highest BCUT2D eigenvalue weighted by Gasteiger charge is 2.04. The summed E-state index contributed by atoms with van der Waals surface area (Å²) in [6.07, 6.45) is 0.754. The summed E-state index contributed by atoms with van der Waals surface area (Å²) in [5, 5.41) is 1.03. The molecule has 1 aromatic heterocycles. The molecular weight excluding hydrogens is 228 g/mol. The van der Waals surface area contributed by atoms with E-state index in [0.717, 1.165) is 35.2 Å². The molecule has 0 fully saturated rings. The van der Waals surface area contributed by atoms with Crippen LogP contribution in [-0.4, -0.2) is 37.6 Å². The SMILES string of the molecule is COc1ccc2cc(CCN(C)C)c(=O)[nH]c2c1. The van der Waals surface area contributed by atoms with Crippen LogP contribution in [-0.2, 0) is 6.42 Å². The van der Waals surface area contributed by atoms with Gasteiger partial charge in [0.25, 0.3) is 5.56 Å². The molecule has 1 heterocycles. The van der Waals surface area contributed by atoms with Gasteiger partial charge < -0.3 is 14.6 Å². The lowest BCUT2D eigenvalue weighted by Crippen LogP contribution is -2.20. The molecule has 2 rings (SSSR count). The summed E-state index contributed by atoms with van der Waals surface area (Å²) >= 11 is 0. The van der Waals surface area contributed by atoms with Gasteiger partial charge in [0, 0.05) is 18.2 Å². The zero-order valence-electron chi connectivity index (χ0n) is 11.0. The van der Waals surface area contributed by atoms with Gasteiger partial charge in [-0.2, -0.15) is 0 Å². The summed E-state index contributed by atoms with van der Waals surface area (Å²) in [5.41, 5.74) is 1.62. The van der Waals surface area contributed by atoms with E-state index in [-0.39, 0.29) is 5.56 Å². The molecule has 96 valence electrons. The third-order valence-corrected chi connectivity index (χ3v) is 2.96. The first kappa shape index (κ1) is 12.6. The number of fused-ring (bicyclic) bond motifs is 1. The quantitative estimate of drug-likeness (QED) is 0.892. The van der Waals surface area contributed by atoms with Crippen LogP contribution in [0.1, 0.15) is 5.56 Å². The summed E-state index contributed by atoms with van der Waals surface area (Å²) in [5.74, 6) is 0.749. The number of aromatic amines is 1. The number of rotatable bonds is 4. The number of hydrogen-bond donors (Lipinski definition) is 1. The van der Waals surface area contributed by atoms with E-state index in [1.807, 2.05) is 38.4 Å². The van der Waals surface area contributed by atoms with Crippen molar-refractivity contribution in [3.63, 3.8) is 0 Å². The molecule has 2 aromatic rings. The number of ether oxygens (including phenoxy) is 1. The number of aromatic nitrogens is 1. The lowest BCUT2D eigenvalue weighted by Gasteiger charge is -2.09. The van der Waals surface area contributed by atoms with Gasteiger partial charge in [-0.15, -0.1) is 0 Å². The molecule has 0 saturated carbocycles. The molecule has 0 atom stereocenters. The first-order chi connectivity index (χ1) is 8.60. The molecule has 4 heteroatoms. The van der Waals surface area contributed by atoms with Crippen molar-refractivity contribution in [1.82, 2.24) is 9.88 Å². The van der Waals surface area contributed by atoms with Crippen LogP contribution in [0.15, 0.2) is 29.1 Å². The third kappa shape index (κ3) is 2.71. The highest BCUT2D eigenvalue weighted by Crippen LogP contribution is 2.18. The maximum Gasteiger partial charge on any atom is 0.251 e. The van der Waals surface area contributed by atoms with Gasteiger partial charge in [0.15, 0.2) is 0 Å². The van der Waals surface area contributed by atoms with Crippen LogP contribution in [0, 0.1) is 0 Å². The molecule has 1 aromatic carbocycles. The molecule has 0 aliphatic heterocycles. The van der Waals surface area contributed by atoms with Crippen LogP contribution < -0.4 is 10.3 Å². The van der Waals surface area contributed by atoms with Gasteiger partial charge in [-0.1, -0.05) is 0 Å². The molecule has 4 nitrogen and oxygen atoms in total. The fraction of sp³-hybridized carbons (Fsp3) is 0.357. The Labute approximate surface area is 106 Å². The Morgan fingerprint density at radius 3 is 2.72 bits per heavy atom. The zero-order valence-corrected chi connectivity index (χ0v) is 11.0. The number of likely N-dealkylation sites (N-methyl/N-ethyl adjacent to an activating group) is 1. The van der Waals surface area contributed by atoms with Crippen molar-refractivity contribution in [1.29, 1.82) is 0 Å². The number of benzene rings is 1. The summed E-state index contributed by atoms with van der Waals surface area (Å²) in [7, 11) is 5.62. The molecular formula is C14H18N2O2. The maximum absolute atomic E-state index is 11.9. The second-order valence-electron chi connectivity index (χ2n) is 4.63. The van der Waals surface area contributed by atoms with Crippen molar-refractivity contribution >= 4 is 10.9 Å². The fourth-order valence-electron chi connectivity index (χ4n) is 1.88. The van der Waals surface area contributed by atoms with Gasteiger partial charge in [0.2, 0.25) is 0 Å². The van der Waals surface area contributed by atoms with Crippen molar-refractivity contribution in [3.05, 3.63) is 40.2 Å². The van der Waals surface area contributed by atoms with Gasteiger partial charge in [0.1, 0.15) is 5.75 Å². The predicted octanol–water partition coefficient (Wildman–Crippen LogP) is 1.64.